The highest BCUT2D eigenvalue weighted by Gasteiger charge is 2.18. The minimum atomic E-state index is -0.450. The summed E-state index contributed by atoms with van der Waals surface area (Å²) in [7, 11) is 0. The van der Waals surface area contributed by atoms with Crippen LogP contribution in [0.3, 0.4) is 0 Å². The molecule has 0 aliphatic rings. The normalized spacial score (nSPS) is 11.3. The average Bonchev–Trinajstić information content (AvgIpc) is 3.43. The van der Waals surface area contributed by atoms with Crippen LogP contribution in [0.25, 0.3) is 21.7 Å². The maximum Gasteiger partial charge on any atom is 0.332 e. The molecule has 32 heavy (non-hydrogen) atoms. The predicted octanol–water partition coefficient (Wildman–Crippen LogP) is 4.42. The van der Waals surface area contributed by atoms with Gasteiger partial charge in [-0.15, -0.1) is 11.3 Å². The Bertz CT molecular complexity index is 1530. The van der Waals surface area contributed by atoms with Gasteiger partial charge >= 0.3 is 5.69 Å². The van der Waals surface area contributed by atoms with Gasteiger partial charge in [0.15, 0.2) is 0 Å². The van der Waals surface area contributed by atoms with E-state index >= 15 is 0 Å². The topological polar surface area (TPSA) is 70.0 Å². The summed E-state index contributed by atoms with van der Waals surface area (Å²) >= 11 is 1.28. The van der Waals surface area contributed by atoms with E-state index in [9.17, 15) is 14.0 Å². The van der Waals surface area contributed by atoms with Crippen molar-refractivity contribution in [1.29, 1.82) is 0 Å². The van der Waals surface area contributed by atoms with Gasteiger partial charge in [0.25, 0.3) is 5.56 Å². The SMILES string of the molecule is Cc1oc(-c2ccccc2)nc1Cn1c(=O)n(Cc2ccc(F)cc2)c(=O)c2sccc21. The molecule has 0 aliphatic heterocycles. The number of benzene rings is 2. The monoisotopic (exact) mass is 447 g/mol. The Morgan fingerprint density at radius 3 is 2.47 bits per heavy atom. The number of nitrogens with zero attached hydrogens (tertiary/aromatic N) is 3. The van der Waals surface area contributed by atoms with E-state index in [0.29, 0.717) is 33.1 Å². The van der Waals surface area contributed by atoms with Crippen LogP contribution in [0.1, 0.15) is 17.0 Å². The maximum absolute atomic E-state index is 13.4. The molecule has 5 aromatic rings. The zero-order chi connectivity index (χ0) is 22.2. The van der Waals surface area contributed by atoms with Crippen LogP contribution >= 0.6 is 11.3 Å². The van der Waals surface area contributed by atoms with Gasteiger partial charge in [0, 0.05) is 5.56 Å². The van der Waals surface area contributed by atoms with Gasteiger partial charge in [-0.2, -0.15) is 0 Å². The van der Waals surface area contributed by atoms with Gasteiger partial charge in [-0.05, 0) is 48.2 Å². The van der Waals surface area contributed by atoms with Crippen LogP contribution in [-0.2, 0) is 13.1 Å². The number of hydrogen-bond donors (Lipinski definition) is 0. The van der Waals surface area contributed by atoms with Crippen LogP contribution in [0.15, 0.2) is 80.0 Å². The molecule has 2 aromatic carbocycles. The molecular weight excluding hydrogens is 429 g/mol. The smallest absolute Gasteiger partial charge is 0.332 e. The lowest BCUT2D eigenvalue weighted by molar-refractivity contribution is 0.536. The molecule has 0 aliphatic carbocycles. The fourth-order valence-electron chi connectivity index (χ4n) is 3.63. The van der Waals surface area contributed by atoms with E-state index in [2.05, 4.69) is 4.98 Å². The second-order valence-corrected chi connectivity index (χ2v) is 8.33. The Labute approximate surface area is 185 Å². The van der Waals surface area contributed by atoms with E-state index in [-0.39, 0.29) is 24.5 Å². The van der Waals surface area contributed by atoms with Crippen LogP contribution in [0.2, 0.25) is 0 Å². The van der Waals surface area contributed by atoms with Crippen molar-refractivity contribution >= 4 is 21.6 Å². The van der Waals surface area contributed by atoms with Gasteiger partial charge in [0.2, 0.25) is 5.89 Å². The molecule has 0 saturated carbocycles. The summed E-state index contributed by atoms with van der Waals surface area (Å²) in [5, 5.41) is 1.79. The average molecular weight is 447 g/mol. The van der Waals surface area contributed by atoms with Crippen molar-refractivity contribution in [3.8, 4) is 11.5 Å². The van der Waals surface area contributed by atoms with Crippen molar-refractivity contribution < 1.29 is 8.81 Å². The van der Waals surface area contributed by atoms with Crippen LogP contribution in [0.5, 0.6) is 0 Å². The van der Waals surface area contributed by atoms with Gasteiger partial charge in [0.1, 0.15) is 22.0 Å². The molecule has 0 spiro atoms. The number of aromatic nitrogens is 3. The van der Waals surface area contributed by atoms with E-state index in [4.69, 9.17) is 4.42 Å². The van der Waals surface area contributed by atoms with Crippen molar-refractivity contribution in [2.45, 2.75) is 20.0 Å². The molecule has 0 saturated heterocycles. The molecule has 160 valence electrons. The lowest BCUT2D eigenvalue weighted by Gasteiger charge is -2.11. The summed E-state index contributed by atoms with van der Waals surface area (Å²) in [5.41, 5.74) is 1.87. The van der Waals surface area contributed by atoms with Crippen molar-refractivity contribution in [3.05, 3.63) is 110 Å². The van der Waals surface area contributed by atoms with Crippen molar-refractivity contribution in [3.63, 3.8) is 0 Å². The molecule has 3 aromatic heterocycles. The van der Waals surface area contributed by atoms with Gasteiger partial charge in [-0.25, -0.2) is 14.2 Å². The summed E-state index contributed by atoms with van der Waals surface area (Å²) < 4.78 is 22.3. The molecule has 6 nitrogen and oxygen atoms in total. The zero-order valence-electron chi connectivity index (χ0n) is 17.1. The largest absolute Gasteiger partial charge is 0.441 e. The molecule has 0 radical (unpaired) electrons. The van der Waals surface area contributed by atoms with E-state index in [1.807, 2.05) is 30.3 Å². The summed E-state index contributed by atoms with van der Waals surface area (Å²) in [4.78, 5) is 31.0. The maximum atomic E-state index is 13.4. The van der Waals surface area contributed by atoms with E-state index in [1.165, 1.54) is 32.6 Å². The first-order valence-corrected chi connectivity index (χ1v) is 10.9. The molecule has 0 atom stereocenters. The molecule has 0 unspecified atom stereocenters. The Kier molecular flexibility index (Phi) is 5.07. The molecule has 0 fully saturated rings. The highest BCUT2D eigenvalue weighted by Crippen LogP contribution is 2.23. The third kappa shape index (κ3) is 3.58. The molecule has 0 amide bonds. The first kappa shape index (κ1) is 20.1. The zero-order valence-corrected chi connectivity index (χ0v) is 17.9. The molecule has 3 heterocycles. The van der Waals surface area contributed by atoms with E-state index < -0.39 is 5.69 Å². The van der Waals surface area contributed by atoms with E-state index in [0.717, 1.165) is 5.56 Å². The molecular formula is C24H18FN3O3S. The lowest BCUT2D eigenvalue weighted by Crippen LogP contribution is -2.40. The number of halogens is 1. The summed E-state index contributed by atoms with van der Waals surface area (Å²) in [6, 6.07) is 17.0. The van der Waals surface area contributed by atoms with Crippen molar-refractivity contribution in [2.24, 2.45) is 0 Å². The minimum Gasteiger partial charge on any atom is -0.441 e. The Morgan fingerprint density at radius 2 is 1.72 bits per heavy atom. The number of aryl methyl sites for hydroxylation is 1. The first-order chi connectivity index (χ1) is 15.5. The second-order valence-electron chi connectivity index (χ2n) is 7.41. The second kappa shape index (κ2) is 8.05. The fraction of sp³-hybridized carbons (Fsp3) is 0.125. The third-order valence-electron chi connectivity index (χ3n) is 5.31. The predicted molar refractivity (Wildman–Crippen MR) is 122 cm³/mol. The van der Waals surface area contributed by atoms with Crippen LogP contribution in [0, 0.1) is 12.7 Å². The number of rotatable bonds is 5. The third-order valence-corrected chi connectivity index (χ3v) is 6.20. The number of thiophene rings is 1. The van der Waals surface area contributed by atoms with Crippen LogP contribution in [0.4, 0.5) is 4.39 Å². The van der Waals surface area contributed by atoms with Crippen LogP contribution < -0.4 is 11.2 Å². The summed E-state index contributed by atoms with van der Waals surface area (Å²) in [6.07, 6.45) is 0. The van der Waals surface area contributed by atoms with Crippen molar-refractivity contribution in [2.75, 3.05) is 0 Å². The van der Waals surface area contributed by atoms with Gasteiger partial charge in [-0.1, -0.05) is 30.3 Å². The Hall–Kier alpha value is -3.78. The van der Waals surface area contributed by atoms with Gasteiger partial charge in [0.05, 0.1) is 18.6 Å². The molecule has 8 heteroatoms. The minimum absolute atomic E-state index is 0.0544. The van der Waals surface area contributed by atoms with Gasteiger partial charge < -0.3 is 4.42 Å². The summed E-state index contributed by atoms with van der Waals surface area (Å²) in [6.45, 7) is 2.02. The van der Waals surface area contributed by atoms with Gasteiger partial charge in [-0.3, -0.25) is 13.9 Å². The standard InChI is InChI=1S/C24H18FN3O3S/c1-15-19(26-22(31-15)17-5-3-2-4-6-17)14-27-20-11-12-32-21(20)23(29)28(24(27)30)13-16-7-9-18(25)10-8-16/h2-12H,13-14H2,1H3. The van der Waals surface area contributed by atoms with E-state index in [1.54, 1.807) is 30.5 Å². The number of oxazole rings is 1. The number of fused-ring (bicyclic) bond motifs is 1. The highest BCUT2D eigenvalue weighted by atomic mass is 32.1. The number of hydrogen-bond acceptors (Lipinski definition) is 5. The summed E-state index contributed by atoms with van der Waals surface area (Å²) in [5.74, 6) is 0.714. The first-order valence-electron chi connectivity index (χ1n) is 9.98. The highest BCUT2D eigenvalue weighted by molar-refractivity contribution is 7.17. The Balaban J connectivity index is 1.60. The lowest BCUT2D eigenvalue weighted by atomic mass is 10.2. The van der Waals surface area contributed by atoms with Crippen LogP contribution in [-0.4, -0.2) is 14.1 Å². The molecule has 0 bridgehead atoms. The van der Waals surface area contributed by atoms with Crippen molar-refractivity contribution in [1.82, 2.24) is 14.1 Å². The fourth-order valence-corrected chi connectivity index (χ4v) is 4.47. The molecule has 0 N–H and O–H groups in total. The quantitative estimate of drug-likeness (QED) is 0.400. The molecule has 5 rings (SSSR count). The Morgan fingerprint density at radius 1 is 0.969 bits per heavy atom.